The molecule has 0 aliphatic heterocycles. The summed E-state index contributed by atoms with van der Waals surface area (Å²) in [5.41, 5.74) is 5.11. The van der Waals surface area contributed by atoms with Gasteiger partial charge < -0.3 is 4.98 Å². The molecule has 120 valence electrons. The Kier molecular flexibility index (Phi) is 4.86. The van der Waals surface area contributed by atoms with E-state index in [1.807, 2.05) is 30.3 Å². The predicted octanol–water partition coefficient (Wildman–Crippen LogP) is 5.26. The van der Waals surface area contributed by atoms with E-state index in [0.29, 0.717) is 0 Å². The zero-order valence-electron chi connectivity index (χ0n) is 12.4. The molecular formula is C18H16Cl3NO. The number of aryl methyl sites for hydroxylation is 2. The van der Waals surface area contributed by atoms with Crippen molar-refractivity contribution in [1.29, 1.82) is 0 Å². The highest BCUT2D eigenvalue weighted by molar-refractivity contribution is 6.77. The number of hydrogen-bond donors (Lipinski definition) is 1. The predicted molar refractivity (Wildman–Crippen MR) is 96.3 cm³/mol. The van der Waals surface area contributed by atoms with Gasteiger partial charge >= 0.3 is 0 Å². The van der Waals surface area contributed by atoms with Crippen LogP contribution in [0.4, 0.5) is 0 Å². The van der Waals surface area contributed by atoms with Gasteiger partial charge in [-0.2, -0.15) is 0 Å². The van der Waals surface area contributed by atoms with Crippen LogP contribution >= 0.6 is 34.8 Å². The topological polar surface area (TPSA) is 32.9 Å². The Morgan fingerprint density at radius 2 is 1.78 bits per heavy atom. The summed E-state index contributed by atoms with van der Waals surface area (Å²) in [6.45, 7) is 0. The van der Waals surface area contributed by atoms with Crippen LogP contribution in [0.1, 0.15) is 35.4 Å². The largest absolute Gasteiger partial charge is 0.358 e. The van der Waals surface area contributed by atoms with Crippen molar-refractivity contribution in [3.8, 4) is 0 Å². The molecule has 0 saturated heterocycles. The summed E-state index contributed by atoms with van der Waals surface area (Å²) in [4.78, 5) is 15.6. The molecule has 1 aliphatic carbocycles. The van der Waals surface area contributed by atoms with Gasteiger partial charge in [0.25, 0.3) is 3.79 Å². The fourth-order valence-electron chi connectivity index (χ4n) is 2.90. The summed E-state index contributed by atoms with van der Waals surface area (Å²) in [5, 5.41) is 0. The molecule has 0 amide bonds. The highest BCUT2D eigenvalue weighted by Gasteiger charge is 2.29. The zero-order valence-corrected chi connectivity index (χ0v) is 14.7. The zero-order chi connectivity index (χ0) is 16.4. The second-order valence-electron chi connectivity index (χ2n) is 5.68. The number of aromatic amines is 1. The fourth-order valence-corrected chi connectivity index (χ4v) is 3.06. The van der Waals surface area contributed by atoms with Crippen LogP contribution in [0.5, 0.6) is 0 Å². The number of H-pyrrole nitrogens is 1. The Morgan fingerprint density at radius 1 is 1.09 bits per heavy atom. The first-order chi connectivity index (χ1) is 10.9. The molecule has 0 atom stereocenters. The molecule has 1 N–H and O–H groups in total. The van der Waals surface area contributed by atoms with Crippen molar-refractivity contribution in [1.82, 2.24) is 4.98 Å². The van der Waals surface area contributed by atoms with Gasteiger partial charge in [-0.15, -0.1) is 0 Å². The number of aromatic nitrogens is 1. The van der Waals surface area contributed by atoms with E-state index < -0.39 is 9.58 Å². The second-order valence-corrected chi connectivity index (χ2v) is 7.96. The molecule has 0 spiro atoms. The number of hydrogen-bond acceptors (Lipinski definition) is 1. The van der Waals surface area contributed by atoms with Gasteiger partial charge in [-0.25, -0.2) is 0 Å². The Labute approximate surface area is 150 Å². The summed E-state index contributed by atoms with van der Waals surface area (Å²) < 4.78 is -1.95. The van der Waals surface area contributed by atoms with Crippen molar-refractivity contribution >= 4 is 46.2 Å². The fraction of sp³-hybridized carbons (Fsp3) is 0.278. The summed E-state index contributed by atoms with van der Waals surface area (Å²) in [6.07, 6.45) is 5.90. The number of carbonyl (C=O) groups excluding carboxylic acids is 1. The third-order valence-electron chi connectivity index (χ3n) is 4.04. The van der Waals surface area contributed by atoms with E-state index in [1.165, 1.54) is 30.2 Å². The Morgan fingerprint density at radius 3 is 2.43 bits per heavy atom. The summed E-state index contributed by atoms with van der Waals surface area (Å²) in [5.74, 6) is -0.547. The first kappa shape index (κ1) is 16.6. The van der Waals surface area contributed by atoms with Gasteiger partial charge in [-0.05, 0) is 49.0 Å². The van der Waals surface area contributed by atoms with Crippen LogP contribution in [0.25, 0.3) is 5.57 Å². The first-order valence-electron chi connectivity index (χ1n) is 7.54. The van der Waals surface area contributed by atoms with Gasteiger partial charge in [-0.1, -0.05) is 65.1 Å². The minimum absolute atomic E-state index is 0.547. The highest BCUT2D eigenvalue weighted by Crippen LogP contribution is 2.32. The third kappa shape index (κ3) is 3.82. The lowest BCUT2D eigenvalue weighted by atomic mass is 9.97. The summed E-state index contributed by atoms with van der Waals surface area (Å²) in [7, 11) is 0. The van der Waals surface area contributed by atoms with Gasteiger partial charge in [0, 0.05) is 17.0 Å². The number of alkyl halides is 3. The van der Waals surface area contributed by atoms with Crippen molar-refractivity contribution in [3.05, 3.63) is 65.0 Å². The van der Waals surface area contributed by atoms with Gasteiger partial charge in [-0.3, -0.25) is 4.79 Å². The molecule has 1 aliphatic rings. The minimum Gasteiger partial charge on any atom is -0.358 e. The van der Waals surface area contributed by atoms with Crippen molar-refractivity contribution in [3.63, 3.8) is 0 Å². The molecule has 1 heterocycles. The van der Waals surface area contributed by atoms with Crippen LogP contribution in [-0.2, 0) is 17.6 Å². The lowest BCUT2D eigenvalue weighted by molar-refractivity contribution is -0.113. The van der Waals surface area contributed by atoms with E-state index in [4.69, 9.17) is 34.8 Å². The van der Waals surface area contributed by atoms with Crippen LogP contribution in [-0.4, -0.2) is 14.6 Å². The number of rotatable bonds is 3. The average molecular weight is 369 g/mol. The molecule has 0 radical (unpaired) electrons. The Hall–Kier alpha value is -1.22. The molecule has 0 fully saturated rings. The SMILES string of the molecule is O=C(/C=C(/c1ccccc1)c1cc2c([nH]1)CCCC2)C(Cl)(Cl)Cl. The lowest BCUT2D eigenvalue weighted by Gasteiger charge is -2.10. The molecule has 0 unspecified atom stereocenters. The molecule has 5 heteroatoms. The average Bonchev–Trinajstić information content (AvgIpc) is 2.95. The number of fused-ring (bicyclic) bond motifs is 1. The van der Waals surface area contributed by atoms with E-state index >= 15 is 0 Å². The normalized spacial score (nSPS) is 15.3. The molecule has 2 aromatic rings. The Balaban J connectivity index is 2.07. The van der Waals surface area contributed by atoms with Crippen molar-refractivity contribution in [2.24, 2.45) is 0 Å². The quantitative estimate of drug-likeness (QED) is 0.581. The monoisotopic (exact) mass is 367 g/mol. The highest BCUT2D eigenvalue weighted by atomic mass is 35.6. The summed E-state index contributed by atoms with van der Waals surface area (Å²) >= 11 is 17.2. The van der Waals surface area contributed by atoms with Crippen molar-refractivity contribution < 1.29 is 4.79 Å². The van der Waals surface area contributed by atoms with Gasteiger partial charge in [0.05, 0.1) is 0 Å². The molecule has 0 bridgehead atoms. The van der Waals surface area contributed by atoms with Crippen molar-refractivity contribution in [2.45, 2.75) is 29.5 Å². The smallest absolute Gasteiger partial charge is 0.252 e. The standard InChI is InChI=1S/C18H16Cl3NO/c19-18(20,21)17(23)11-14(12-6-2-1-3-7-12)16-10-13-8-4-5-9-15(13)22-16/h1-3,6-7,10-11,22H,4-5,8-9H2/b14-11-. The summed E-state index contributed by atoms with van der Waals surface area (Å²) in [6, 6.07) is 11.8. The lowest BCUT2D eigenvalue weighted by Crippen LogP contribution is -2.16. The maximum absolute atomic E-state index is 12.2. The van der Waals surface area contributed by atoms with Gasteiger partial charge in [0.15, 0.2) is 0 Å². The molecule has 0 saturated carbocycles. The van der Waals surface area contributed by atoms with E-state index in [1.54, 1.807) is 0 Å². The molecule has 3 rings (SSSR count). The molecule has 2 nitrogen and oxygen atoms in total. The van der Waals surface area contributed by atoms with E-state index in [2.05, 4.69) is 11.1 Å². The number of nitrogens with one attached hydrogen (secondary N) is 1. The van der Waals surface area contributed by atoms with E-state index in [0.717, 1.165) is 29.7 Å². The van der Waals surface area contributed by atoms with Crippen molar-refractivity contribution in [2.75, 3.05) is 0 Å². The van der Waals surface area contributed by atoms with Crippen LogP contribution in [0.3, 0.4) is 0 Å². The van der Waals surface area contributed by atoms with E-state index in [-0.39, 0.29) is 0 Å². The van der Waals surface area contributed by atoms with Crippen LogP contribution < -0.4 is 0 Å². The number of allylic oxidation sites excluding steroid dienone is 1. The second kappa shape index (κ2) is 6.72. The third-order valence-corrected chi connectivity index (χ3v) is 4.60. The molecule has 23 heavy (non-hydrogen) atoms. The molecule has 1 aromatic heterocycles. The van der Waals surface area contributed by atoms with E-state index in [9.17, 15) is 4.79 Å². The number of carbonyl (C=O) groups is 1. The van der Waals surface area contributed by atoms with Gasteiger partial charge in [0.2, 0.25) is 5.78 Å². The minimum atomic E-state index is -1.95. The van der Waals surface area contributed by atoms with Crippen LogP contribution in [0.2, 0.25) is 0 Å². The number of benzene rings is 1. The Bertz CT molecular complexity index is 718. The molecule has 1 aromatic carbocycles. The maximum atomic E-state index is 12.2. The van der Waals surface area contributed by atoms with Crippen LogP contribution in [0, 0.1) is 0 Å². The number of halogens is 3. The maximum Gasteiger partial charge on any atom is 0.252 e. The molecular weight excluding hydrogens is 353 g/mol. The van der Waals surface area contributed by atoms with Crippen LogP contribution in [0.15, 0.2) is 42.5 Å². The number of ketones is 1. The van der Waals surface area contributed by atoms with Gasteiger partial charge in [0.1, 0.15) is 0 Å². The first-order valence-corrected chi connectivity index (χ1v) is 8.68.